The van der Waals surface area contributed by atoms with E-state index in [0.717, 1.165) is 43.4 Å². The van der Waals surface area contributed by atoms with Gasteiger partial charge in [0.15, 0.2) is 0 Å². The van der Waals surface area contributed by atoms with Crippen LogP contribution in [0.4, 0.5) is 5.95 Å². The molecule has 0 spiro atoms. The van der Waals surface area contributed by atoms with Gasteiger partial charge in [0.2, 0.25) is 5.95 Å². The highest BCUT2D eigenvalue weighted by molar-refractivity contribution is 6.06. The van der Waals surface area contributed by atoms with Gasteiger partial charge in [-0.3, -0.25) is 10.1 Å². The highest BCUT2D eigenvalue weighted by atomic mass is 16.5. The van der Waals surface area contributed by atoms with Crippen molar-refractivity contribution in [1.82, 2.24) is 9.55 Å². The molecule has 28 heavy (non-hydrogen) atoms. The predicted octanol–water partition coefficient (Wildman–Crippen LogP) is 4.26. The van der Waals surface area contributed by atoms with Gasteiger partial charge in [0.1, 0.15) is 12.4 Å². The number of imidazole rings is 1. The molecule has 1 aliphatic heterocycles. The average molecular weight is 379 g/mol. The van der Waals surface area contributed by atoms with Crippen LogP contribution in [0.15, 0.2) is 48.5 Å². The minimum atomic E-state index is -0.226. The van der Waals surface area contributed by atoms with Crippen LogP contribution < -0.4 is 10.1 Å². The minimum absolute atomic E-state index is 0.102. The molecule has 2 heterocycles. The molecule has 1 N–H and O–H groups in total. The van der Waals surface area contributed by atoms with Gasteiger partial charge in [-0.05, 0) is 43.5 Å². The van der Waals surface area contributed by atoms with Crippen molar-refractivity contribution >= 4 is 22.9 Å². The third kappa shape index (κ3) is 3.87. The quantitative estimate of drug-likeness (QED) is 0.666. The zero-order chi connectivity index (χ0) is 19.3. The lowest BCUT2D eigenvalue weighted by Crippen LogP contribution is -2.20. The molecule has 146 valence electrons. The Balaban J connectivity index is 1.55. The summed E-state index contributed by atoms with van der Waals surface area (Å²) in [6.45, 7) is 4.13. The standard InChI is InChI=1S/C22H25N3O3/c1-2-13-25-19-11-5-4-10-18(19)23-22(25)24-21(26)17-9-3-6-12-20(17)28-15-16-8-7-14-27-16/h3-6,9-12,16H,2,7-8,13-15H2,1H3,(H,23,24,26)/t16-/m0/s1. The van der Waals surface area contributed by atoms with Crippen LogP contribution in [0.1, 0.15) is 36.5 Å². The SMILES string of the molecule is CCCn1c(NC(=O)c2ccccc2OC[C@@H]2CCCO2)nc2ccccc21. The van der Waals surface area contributed by atoms with Crippen molar-refractivity contribution in [3.8, 4) is 5.75 Å². The fourth-order valence-corrected chi connectivity index (χ4v) is 3.53. The molecule has 1 amide bonds. The maximum atomic E-state index is 13.0. The number of hydrogen-bond acceptors (Lipinski definition) is 4. The molecule has 0 bridgehead atoms. The number of anilines is 1. The van der Waals surface area contributed by atoms with Gasteiger partial charge in [0.05, 0.1) is 22.7 Å². The number of carbonyl (C=O) groups excluding carboxylic acids is 1. The molecule has 0 saturated carbocycles. The van der Waals surface area contributed by atoms with Crippen LogP contribution >= 0.6 is 0 Å². The Bertz CT molecular complexity index is 961. The Kier molecular flexibility index (Phi) is 5.58. The van der Waals surface area contributed by atoms with E-state index in [-0.39, 0.29) is 12.0 Å². The Labute approximate surface area is 164 Å². The molecule has 3 aromatic rings. The summed E-state index contributed by atoms with van der Waals surface area (Å²) in [6, 6.07) is 15.2. The van der Waals surface area contributed by atoms with Crippen molar-refractivity contribution in [2.45, 2.75) is 38.8 Å². The summed E-state index contributed by atoms with van der Waals surface area (Å²) in [7, 11) is 0. The lowest BCUT2D eigenvalue weighted by atomic mass is 10.2. The first-order valence-corrected chi connectivity index (χ1v) is 9.86. The van der Waals surface area contributed by atoms with Gasteiger partial charge in [-0.15, -0.1) is 0 Å². The van der Waals surface area contributed by atoms with E-state index < -0.39 is 0 Å². The van der Waals surface area contributed by atoms with Crippen LogP contribution in [-0.4, -0.2) is 34.8 Å². The third-order valence-corrected chi connectivity index (χ3v) is 4.91. The van der Waals surface area contributed by atoms with Crippen molar-refractivity contribution in [3.63, 3.8) is 0 Å². The first kappa shape index (κ1) is 18.5. The second kappa shape index (κ2) is 8.44. The van der Waals surface area contributed by atoms with Gasteiger partial charge in [-0.1, -0.05) is 31.2 Å². The summed E-state index contributed by atoms with van der Waals surface area (Å²) in [5.74, 6) is 0.895. The molecule has 0 radical (unpaired) electrons. The van der Waals surface area contributed by atoms with E-state index in [4.69, 9.17) is 9.47 Å². The first-order chi connectivity index (χ1) is 13.8. The van der Waals surface area contributed by atoms with Gasteiger partial charge < -0.3 is 14.0 Å². The molecule has 0 unspecified atom stereocenters. The smallest absolute Gasteiger partial charge is 0.261 e. The number of amides is 1. The molecular weight excluding hydrogens is 354 g/mol. The molecule has 0 aliphatic carbocycles. The summed E-state index contributed by atoms with van der Waals surface area (Å²) >= 11 is 0. The first-order valence-electron chi connectivity index (χ1n) is 9.86. The van der Waals surface area contributed by atoms with Gasteiger partial charge in [0.25, 0.3) is 5.91 Å². The molecule has 6 nitrogen and oxygen atoms in total. The molecule has 1 fully saturated rings. The number of ether oxygens (including phenoxy) is 2. The summed E-state index contributed by atoms with van der Waals surface area (Å²) in [5.41, 5.74) is 2.38. The fourth-order valence-electron chi connectivity index (χ4n) is 3.53. The molecule has 2 aromatic carbocycles. The Morgan fingerprint density at radius 2 is 2.07 bits per heavy atom. The van der Waals surface area contributed by atoms with Crippen molar-refractivity contribution in [2.24, 2.45) is 0 Å². The van der Waals surface area contributed by atoms with Gasteiger partial charge >= 0.3 is 0 Å². The largest absolute Gasteiger partial charge is 0.490 e. The number of para-hydroxylation sites is 3. The zero-order valence-corrected chi connectivity index (χ0v) is 16.1. The van der Waals surface area contributed by atoms with Gasteiger partial charge in [-0.25, -0.2) is 4.98 Å². The highest BCUT2D eigenvalue weighted by Crippen LogP contribution is 2.24. The molecule has 4 rings (SSSR count). The number of nitrogens with zero attached hydrogens (tertiary/aromatic N) is 2. The van der Waals surface area contributed by atoms with Crippen LogP contribution in [0, 0.1) is 0 Å². The number of fused-ring (bicyclic) bond motifs is 1. The number of rotatable bonds is 7. The van der Waals surface area contributed by atoms with E-state index in [1.165, 1.54) is 0 Å². The van der Waals surface area contributed by atoms with E-state index in [2.05, 4.69) is 17.2 Å². The normalized spacial score (nSPS) is 16.4. The Morgan fingerprint density at radius 3 is 2.89 bits per heavy atom. The summed E-state index contributed by atoms with van der Waals surface area (Å²) in [5, 5.41) is 2.97. The number of aromatic nitrogens is 2. The maximum absolute atomic E-state index is 13.0. The maximum Gasteiger partial charge on any atom is 0.261 e. The molecule has 6 heteroatoms. The van der Waals surface area contributed by atoms with Crippen molar-refractivity contribution in [3.05, 3.63) is 54.1 Å². The third-order valence-electron chi connectivity index (χ3n) is 4.91. The summed E-state index contributed by atoms with van der Waals surface area (Å²) < 4.78 is 13.6. The Morgan fingerprint density at radius 1 is 1.25 bits per heavy atom. The van der Waals surface area contributed by atoms with Crippen LogP contribution in [0.2, 0.25) is 0 Å². The van der Waals surface area contributed by atoms with Gasteiger partial charge in [0, 0.05) is 13.2 Å². The highest BCUT2D eigenvalue weighted by Gasteiger charge is 2.20. The van der Waals surface area contributed by atoms with Crippen LogP contribution in [0.25, 0.3) is 11.0 Å². The Hall–Kier alpha value is -2.86. The average Bonchev–Trinajstić information content (AvgIpc) is 3.35. The van der Waals surface area contributed by atoms with E-state index in [1.54, 1.807) is 6.07 Å². The monoisotopic (exact) mass is 379 g/mol. The van der Waals surface area contributed by atoms with Crippen LogP contribution in [0.3, 0.4) is 0 Å². The predicted molar refractivity (Wildman–Crippen MR) is 109 cm³/mol. The van der Waals surface area contributed by atoms with Crippen molar-refractivity contribution in [1.29, 1.82) is 0 Å². The van der Waals surface area contributed by atoms with Crippen LogP contribution in [0.5, 0.6) is 5.75 Å². The number of benzene rings is 2. The number of nitrogens with one attached hydrogen (secondary N) is 1. The zero-order valence-electron chi connectivity index (χ0n) is 16.1. The second-order valence-electron chi connectivity index (χ2n) is 6.97. The molecule has 1 aromatic heterocycles. The minimum Gasteiger partial charge on any atom is -0.490 e. The van der Waals surface area contributed by atoms with E-state index in [1.807, 2.05) is 47.0 Å². The van der Waals surface area contributed by atoms with Crippen LogP contribution in [-0.2, 0) is 11.3 Å². The molecular formula is C22H25N3O3. The molecule has 1 saturated heterocycles. The van der Waals surface area contributed by atoms with E-state index in [0.29, 0.717) is 23.9 Å². The van der Waals surface area contributed by atoms with E-state index >= 15 is 0 Å². The molecule has 1 atom stereocenters. The van der Waals surface area contributed by atoms with Gasteiger partial charge in [-0.2, -0.15) is 0 Å². The number of aryl methyl sites for hydroxylation is 1. The fraction of sp³-hybridized carbons (Fsp3) is 0.364. The lowest BCUT2D eigenvalue weighted by Gasteiger charge is -2.15. The van der Waals surface area contributed by atoms with Crippen molar-refractivity contribution < 1.29 is 14.3 Å². The van der Waals surface area contributed by atoms with E-state index in [9.17, 15) is 4.79 Å². The number of carbonyl (C=O) groups is 1. The summed E-state index contributed by atoms with van der Waals surface area (Å²) in [4.78, 5) is 17.6. The summed E-state index contributed by atoms with van der Waals surface area (Å²) in [6.07, 6.45) is 3.11. The second-order valence-corrected chi connectivity index (χ2v) is 6.97. The topological polar surface area (TPSA) is 65.4 Å². The lowest BCUT2D eigenvalue weighted by molar-refractivity contribution is 0.0673. The molecule has 1 aliphatic rings. The number of hydrogen-bond donors (Lipinski definition) is 1. The van der Waals surface area contributed by atoms with Crippen molar-refractivity contribution in [2.75, 3.05) is 18.5 Å².